The summed E-state index contributed by atoms with van der Waals surface area (Å²) in [5.74, 6) is 0. The third-order valence-electron chi connectivity index (χ3n) is 2.64. The van der Waals surface area contributed by atoms with E-state index in [9.17, 15) is 0 Å². The summed E-state index contributed by atoms with van der Waals surface area (Å²) in [4.78, 5) is 2.14. The zero-order chi connectivity index (χ0) is 10.5. The molecule has 3 nitrogen and oxygen atoms in total. The van der Waals surface area contributed by atoms with Crippen LogP contribution in [0.4, 0.5) is 0 Å². The van der Waals surface area contributed by atoms with Crippen LogP contribution < -0.4 is 0 Å². The molecule has 0 amide bonds. The molecule has 1 unspecified atom stereocenters. The quantitative estimate of drug-likeness (QED) is 0.679. The lowest BCUT2D eigenvalue weighted by molar-refractivity contribution is 0.00493. The van der Waals surface area contributed by atoms with Gasteiger partial charge in [0.05, 0.1) is 12.2 Å². The maximum absolute atomic E-state index is 8.92. The average molecular weight is 189 g/mol. The first-order valence-corrected chi connectivity index (χ1v) is 4.79. The lowest BCUT2D eigenvalue weighted by atomic mass is 10.0. The van der Waals surface area contributed by atoms with Crippen LogP contribution in [0.5, 0.6) is 0 Å². The SMILES string of the molecule is COC(C)(C)CCN(C)C(C)CO. The third kappa shape index (κ3) is 5.24. The number of rotatable bonds is 6. The van der Waals surface area contributed by atoms with Crippen LogP contribution in [-0.2, 0) is 4.74 Å². The van der Waals surface area contributed by atoms with E-state index in [1.54, 1.807) is 7.11 Å². The molecule has 0 radical (unpaired) electrons. The molecule has 1 N–H and O–H groups in total. The molecule has 3 heteroatoms. The van der Waals surface area contributed by atoms with E-state index < -0.39 is 0 Å². The Morgan fingerprint density at radius 3 is 2.38 bits per heavy atom. The van der Waals surface area contributed by atoms with Crippen molar-refractivity contribution in [3.63, 3.8) is 0 Å². The molecular weight excluding hydrogens is 166 g/mol. The lowest BCUT2D eigenvalue weighted by Gasteiger charge is -2.28. The van der Waals surface area contributed by atoms with Crippen molar-refractivity contribution in [2.24, 2.45) is 0 Å². The fourth-order valence-corrected chi connectivity index (χ4v) is 0.907. The second kappa shape index (κ2) is 5.58. The van der Waals surface area contributed by atoms with Gasteiger partial charge in [-0.1, -0.05) is 0 Å². The molecule has 0 aliphatic heterocycles. The fourth-order valence-electron chi connectivity index (χ4n) is 0.907. The Hall–Kier alpha value is -0.120. The molecule has 0 aliphatic carbocycles. The van der Waals surface area contributed by atoms with Gasteiger partial charge in [-0.2, -0.15) is 0 Å². The Bertz CT molecular complexity index is 137. The molecule has 0 bridgehead atoms. The van der Waals surface area contributed by atoms with Crippen molar-refractivity contribution in [1.29, 1.82) is 0 Å². The van der Waals surface area contributed by atoms with E-state index in [1.807, 2.05) is 14.0 Å². The number of aliphatic hydroxyl groups excluding tert-OH is 1. The summed E-state index contributed by atoms with van der Waals surface area (Å²) in [5, 5.41) is 8.92. The number of methoxy groups -OCH3 is 1. The van der Waals surface area contributed by atoms with Gasteiger partial charge in [-0.25, -0.2) is 0 Å². The van der Waals surface area contributed by atoms with Gasteiger partial charge in [0.1, 0.15) is 0 Å². The second-order valence-electron chi connectivity index (χ2n) is 4.23. The number of hydrogen-bond acceptors (Lipinski definition) is 3. The standard InChI is InChI=1S/C10H23NO2/c1-9(8-12)11(4)7-6-10(2,3)13-5/h9,12H,6-8H2,1-5H3. The molecule has 0 saturated carbocycles. The number of likely N-dealkylation sites (N-methyl/N-ethyl adjacent to an activating group) is 1. The van der Waals surface area contributed by atoms with E-state index in [1.165, 1.54) is 0 Å². The third-order valence-corrected chi connectivity index (χ3v) is 2.64. The molecule has 0 saturated heterocycles. The highest BCUT2D eigenvalue weighted by Crippen LogP contribution is 2.13. The molecule has 13 heavy (non-hydrogen) atoms. The maximum atomic E-state index is 8.92. The first kappa shape index (κ1) is 12.9. The van der Waals surface area contributed by atoms with Crippen LogP contribution in [0.3, 0.4) is 0 Å². The van der Waals surface area contributed by atoms with Gasteiger partial charge in [0.15, 0.2) is 0 Å². The Labute approximate surface area is 81.7 Å². The number of nitrogens with zero attached hydrogens (tertiary/aromatic N) is 1. The van der Waals surface area contributed by atoms with E-state index in [2.05, 4.69) is 18.7 Å². The van der Waals surface area contributed by atoms with Crippen LogP contribution in [0.2, 0.25) is 0 Å². The summed E-state index contributed by atoms with van der Waals surface area (Å²) in [6.07, 6.45) is 0.977. The summed E-state index contributed by atoms with van der Waals surface area (Å²) in [6, 6.07) is 0.229. The zero-order valence-corrected chi connectivity index (χ0v) is 9.50. The van der Waals surface area contributed by atoms with Gasteiger partial charge < -0.3 is 14.7 Å². The largest absolute Gasteiger partial charge is 0.395 e. The molecule has 0 rings (SSSR count). The van der Waals surface area contributed by atoms with Gasteiger partial charge in [0.2, 0.25) is 0 Å². The number of hydrogen-bond donors (Lipinski definition) is 1. The first-order valence-electron chi connectivity index (χ1n) is 4.79. The van der Waals surface area contributed by atoms with Crippen LogP contribution in [0, 0.1) is 0 Å². The summed E-state index contributed by atoms with van der Waals surface area (Å²) < 4.78 is 5.31. The first-order chi connectivity index (χ1) is 5.93. The number of aliphatic hydroxyl groups is 1. The Kier molecular flexibility index (Phi) is 5.53. The van der Waals surface area contributed by atoms with Crippen molar-refractivity contribution >= 4 is 0 Å². The highest BCUT2D eigenvalue weighted by atomic mass is 16.5. The molecule has 0 aromatic rings. The smallest absolute Gasteiger partial charge is 0.0634 e. The highest BCUT2D eigenvalue weighted by Gasteiger charge is 2.18. The van der Waals surface area contributed by atoms with Crippen LogP contribution in [0.1, 0.15) is 27.2 Å². The lowest BCUT2D eigenvalue weighted by Crippen LogP contribution is -2.36. The molecule has 0 heterocycles. The molecule has 0 aromatic heterocycles. The normalized spacial score (nSPS) is 15.0. The average Bonchev–Trinajstić information content (AvgIpc) is 2.13. The van der Waals surface area contributed by atoms with Crippen LogP contribution >= 0.6 is 0 Å². The topological polar surface area (TPSA) is 32.7 Å². The fraction of sp³-hybridized carbons (Fsp3) is 1.00. The molecule has 0 fully saturated rings. The Morgan fingerprint density at radius 1 is 1.46 bits per heavy atom. The predicted octanol–water partition coefficient (Wildman–Crippen LogP) is 1.11. The summed E-state index contributed by atoms with van der Waals surface area (Å²) in [5.41, 5.74) is -0.0660. The van der Waals surface area contributed by atoms with E-state index in [0.29, 0.717) is 0 Å². The van der Waals surface area contributed by atoms with Crippen molar-refractivity contribution in [3.8, 4) is 0 Å². The van der Waals surface area contributed by atoms with Gasteiger partial charge in [-0.3, -0.25) is 0 Å². The van der Waals surface area contributed by atoms with E-state index >= 15 is 0 Å². The van der Waals surface area contributed by atoms with Crippen molar-refractivity contribution < 1.29 is 9.84 Å². The van der Waals surface area contributed by atoms with Gasteiger partial charge in [-0.15, -0.1) is 0 Å². The van der Waals surface area contributed by atoms with E-state index in [4.69, 9.17) is 9.84 Å². The Balaban J connectivity index is 3.75. The summed E-state index contributed by atoms with van der Waals surface area (Å²) in [7, 11) is 3.75. The monoisotopic (exact) mass is 189 g/mol. The molecule has 1 atom stereocenters. The van der Waals surface area contributed by atoms with Gasteiger partial charge >= 0.3 is 0 Å². The highest BCUT2D eigenvalue weighted by molar-refractivity contribution is 4.71. The van der Waals surface area contributed by atoms with E-state index in [0.717, 1.165) is 13.0 Å². The summed E-state index contributed by atoms with van der Waals surface area (Å²) in [6.45, 7) is 7.32. The zero-order valence-electron chi connectivity index (χ0n) is 9.50. The van der Waals surface area contributed by atoms with Crippen LogP contribution in [0.15, 0.2) is 0 Å². The molecule has 0 aliphatic rings. The Morgan fingerprint density at radius 2 is 2.00 bits per heavy atom. The minimum atomic E-state index is -0.0660. The van der Waals surface area contributed by atoms with Crippen LogP contribution in [0.25, 0.3) is 0 Å². The molecule has 0 spiro atoms. The van der Waals surface area contributed by atoms with Crippen molar-refractivity contribution in [2.75, 3.05) is 27.3 Å². The van der Waals surface area contributed by atoms with Crippen molar-refractivity contribution in [3.05, 3.63) is 0 Å². The van der Waals surface area contributed by atoms with Crippen molar-refractivity contribution in [2.45, 2.75) is 38.8 Å². The van der Waals surface area contributed by atoms with Gasteiger partial charge in [0, 0.05) is 19.7 Å². The molecule has 80 valence electrons. The minimum Gasteiger partial charge on any atom is -0.395 e. The molecule has 0 aromatic carbocycles. The molecular formula is C10H23NO2. The van der Waals surface area contributed by atoms with Crippen LogP contribution in [-0.4, -0.2) is 49.0 Å². The van der Waals surface area contributed by atoms with E-state index in [-0.39, 0.29) is 18.2 Å². The minimum absolute atomic E-state index is 0.0660. The number of ether oxygens (including phenoxy) is 1. The maximum Gasteiger partial charge on any atom is 0.0634 e. The summed E-state index contributed by atoms with van der Waals surface area (Å²) >= 11 is 0. The second-order valence-corrected chi connectivity index (χ2v) is 4.23. The van der Waals surface area contributed by atoms with Gasteiger partial charge in [-0.05, 0) is 34.2 Å². The van der Waals surface area contributed by atoms with Crippen molar-refractivity contribution in [1.82, 2.24) is 4.90 Å². The van der Waals surface area contributed by atoms with Gasteiger partial charge in [0.25, 0.3) is 0 Å². The predicted molar refractivity (Wildman–Crippen MR) is 54.9 cm³/mol.